The number of ether oxygens (including phenoxy) is 2. The highest BCUT2D eigenvalue weighted by molar-refractivity contribution is 7.53. The summed E-state index contributed by atoms with van der Waals surface area (Å²) in [6.45, 7) is -0.126. The van der Waals surface area contributed by atoms with E-state index >= 15 is 0 Å². The second-order valence-electron chi connectivity index (χ2n) is 7.80. The van der Waals surface area contributed by atoms with Crippen LogP contribution >= 0.6 is 10.5 Å². The topological polar surface area (TPSA) is 127 Å². The van der Waals surface area contributed by atoms with Crippen molar-refractivity contribution in [2.24, 2.45) is 11.7 Å². The van der Waals surface area contributed by atoms with E-state index in [4.69, 9.17) is 20.5 Å². The van der Waals surface area contributed by atoms with Crippen molar-refractivity contribution in [1.29, 1.82) is 5.26 Å². The number of nitrogens with zero attached hydrogens (tertiary/aromatic N) is 2. The number of hydrogen-bond donors (Lipinski definition) is 2. The van der Waals surface area contributed by atoms with Gasteiger partial charge < -0.3 is 15.2 Å². The second-order valence-corrected chi connectivity index (χ2v) is 9.67. The van der Waals surface area contributed by atoms with Gasteiger partial charge in [0.2, 0.25) is 0 Å². The average Bonchev–Trinajstić information content (AvgIpc) is 3.21. The van der Waals surface area contributed by atoms with E-state index < -0.39 is 16.4 Å². The van der Waals surface area contributed by atoms with Gasteiger partial charge in [0, 0.05) is 12.5 Å². The SMILES string of the molecule is COc1cc(OC)cc(-c2nc(C(N)=O)c(CCC3CCCCC3)[s+]2C(=O)NCC#N)c1. The normalized spacial score (nSPS) is 14.5. The molecule has 0 saturated heterocycles. The number of nitriles is 1. The molecule has 8 nitrogen and oxygen atoms in total. The molecule has 2 aromatic rings. The molecule has 1 unspecified atom stereocenters. The van der Waals surface area contributed by atoms with Gasteiger partial charge in [-0.1, -0.05) is 32.1 Å². The van der Waals surface area contributed by atoms with E-state index in [1.807, 2.05) is 6.07 Å². The van der Waals surface area contributed by atoms with Crippen molar-refractivity contribution >= 4 is 21.6 Å². The number of methoxy groups -OCH3 is 2. The van der Waals surface area contributed by atoms with Crippen molar-refractivity contribution in [3.63, 3.8) is 0 Å². The van der Waals surface area contributed by atoms with E-state index in [1.165, 1.54) is 33.5 Å². The predicted octanol–water partition coefficient (Wildman–Crippen LogP) is 4.21. The highest BCUT2D eigenvalue weighted by Crippen LogP contribution is 2.43. The Hall–Kier alpha value is -3.12. The average molecular weight is 458 g/mol. The van der Waals surface area contributed by atoms with Crippen LogP contribution in [0.5, 0.6) is 11.5 Å². The summed E-state index contributed by atoms with van der Waals surface area (Å²) in [5.74, 6) is 0.997. The highest BCUT2D eigenvalue weighted by Gasteiger charge is 2.38. The highest BCUT2D eigenvalue weighted by atomic mass is 32.2. The fourth-order valence-corrected chi connectivity index (χ4v) is 6.19. The molecule has 1 aromatic heterocycles. The number of carbonyl (C=O) groups excluding carboxylic acids is 2. The summed E-state index contributed by atoms with van der Waals surface area (Å²) in [4.78, 5) is 30.6. The third kappa shape index (κ3) is 5.37. The van der Waals surface area contributed by atoms with Crippen LogP contribution < -0.4 is 20.5 Å². The zero-order valence-corrected chi connectivity index (χ0v) is 19.3. The maximum Gasteiger partial charge on any atom is 0.459 e. The van der Waals surface area contributed by atoms with E-state index in [1.54, 1.807) is 18.2 Å². The molecule has 3 rings (SSSR count). The van der Waals surface area contributed by atoms with E-state index in [0.29, 0.717) is 39.3 Å². The Morgan fingerprint density at radius 2 is 1.84 bits per heavy atom. The first-order valence-corrected chi connectivity index (χ1v) is 11.9. The number of primary amides is 1. The molecule has 32 heavy (non-hydrogen) atoms. The standard InChI is InChI=1S/C23H28N4O4S/c1-30-17-12-16(13-18(14-17)31-2)22-27-20(21(25)28)19(32(22)23(29)26-11-10-24)9-8-15-6-4-3-5-7-15/h12-15H,3-9,11H2,1-2H3,(H2-,25,26,28,29)/p+1. The Morgan fingerprint density at radius 1 is 1.19 bits per heavy atom. The first-order chi connectivity index (χ1) is 15.5. The molecule has 9 heteroatoms. The maximum atomic E-state index is 13.1. The van der Waals surface area contributed by atoms with E-state index in [2.05, 4.69) is 10.3 Å². The van der Waals surface area contributed by atoms with Gasteiger partial charge in [-0.25, -0.2) is 4.79 Å². The lowest BCUT2D eigenvalue weighted by Crippen LogP contribution is -2.20. The number of benzene rings is 1. The molecule has 0 spiro atoms. The predicted molar refractivity (Wildman–Crippen MR) is 123 cm³/mol. The van der Waals surface area contributed by atoms with Gasteiger partial charge in [0.25, 0.3) is 10.9 Å². The van der Waals surface area contributed by atoms with Gasteiger partial charge in [0.15, 0.2) is 10.6 Å². The largest absolute Gasteiger partial charge is 0.497 e. The second kappa shape index (κ2) is 11.0. The first-order valence-electron chi connectivity index (χ1n) is 10.7. The van der Waals surface area contributed by atoms with Crippen LogP contribution in [-0.2, 0) is 6.42 Å². The van der Waals surface area contributed by atoms with Gasteiger partial charge in [-0.2, -0.15) is 10.2 Å². The lowest BCUT2D eigenvalue weighted by atomic mass is 9.86. The van der Waals surface area contributed by atoms with Gasteiger partial charge in [-0.15, -0.1) is 0 Å². The minimum Gasteiger partial charge on any atom is -0.497 e. The molecule has 1 aliphatic rings. The number of nitrogens with one attached hydrogen (secondary N) is 1. The maximum absolute atomic E-state index is 13.1. The number of thiazole rings is 1. The summed E-state index contributed by atoms with van der Waals surface area (Å²) in [5, 5.41) is 11.7. The molecule has 1 heterocycles. The molecule has 3 N–H and O–H groups in total. The van der Waals surface area contributed by atoms with Crippen molar-refractivity contribution in [3.05, 3.63) is 28.8 Å². The van der Waals surface area contributed by atoms with E-state index in [9.17, 15) is 9.59 Å². The number of hydrogen-bond acceptors (Lipinski definition) is 6. The summed E-state index contributed by atoms with van der Waals surface area (Å²) in [6, 6.07) is 7.16. The Balaban J connectivity index is 2.10. The zero-order valence-electron chi connectivity index (χ0n) is 18.5. The van der Waals surface area contributed by atoms with E-state index in [-0.39, 0.29) is 17.5 Å². The summed E-state index contributed by atoms with van der Waals surface area (Å²) in [6.07, 6.45) is 7.46. The summed E-state index contributed by atoms with van der Waals surface area (Å²) >= 11 is 0. The van der Waals surface area contributed by atoms with Crippen molar-refractivity contribution < 1.29 is 19.1 Å². The number of aromatic nitrogens is 1. The molecule has 170 valence electrons. The monoisotopic (exact) mass is 457 g/mol. The first kappa shape index (κ1) is 23.5. The van der Waals surface area contributed by atoms with Crippen LogP contribution in [-0.4, -0.2) is 36.9 Å². The molecular formula is C23H29N4O4S+. The molecule has 1 aromatic carbocycles. The van der Waals surface area contributed by atoms with Gasteiger partial charge in [0.1, 0.15) is 28.5 Å². The Labute approximate surface area is 190 Å². The smallest absolute Gasteiger partial charge is 0.459 e. The minimum atomic E-state index is -1.16. The molecule has 0 radical (unpaired) electrons. The molecular weight excluding hydrogens is 428 g/mol. The van der Waals surface area contributed by atoms with Crippen LogP contribution in [0.3, 0.4) is 0 Å². The quantitative estimate of drug-likeness (QED) is 0.429. The fraction of sp³-hybridized carbons (Fsp3) is 0.478. The molecule has 1 atom stereocenters. The van der Waals surface area contributed by atoms with Crippen LogP contribution in [0.1, 0.15) is 53.9 Å². The Kier molecular flexibility index (Phi) is 8.06. The molecule has 0 bridgehead atoms. The van der Waals surface area contributed by atoms with Crippen LogP contribution in [0.15, 0.2) is 18.2 Å². The van der Waals surface area contributed by atoms with Crippen LogP contribution in [0.2, 0.25) is 0 Å². The Morgan fingerprint density at radius 3 is 2.41 bits per heavy atom. The lowest BCUT2D eigenvalue weighted by Gasteiger charge is -2.20. The zero-order chi connectivity index (χ0) is 23.1. The van der Waals surface area contributed by atoms with Gasteiger partial charge in [0.05, 0.1) is 25.9 Å². The van der Waals surface area contributed by atoms with Gasteiger partial charge >= 0.3 is 5.24 Å². The Bertz CT molecular complexity index is 999. The number of rotatable bonds is 9. The summed E-state index contributed by atoms with van der Waals surface area (Å²) in [5.41, 5.74) is 6.44. The van der Waals surface area contributed by atoms with Gasteiger partial charge in [-0.05, 0) is 24.5 Å². The van der Waals surface area contributed by atoms with Crippen molar-refractivity contribution in [3.8, 4) is 28.1 Å². The van der Waals surface area contributed by atoms with Crippen LogP contribution in [0.4, 0.5) is 4.79 Å². The van der Waals surface area contributed by atoms with E-state index in [0.717, 1.165) is 19.3 Å². The third-order valence-electron chi connectivity index (χ3n) is 5.75. The number of carbonyl (C=O) groups is 2. The fourth-order valence-electron chi connectivity index (χ4n) is 4.14. The van der Waals surface area contributed by atoms with Gasteiger partial charge in [-0.3, -0.25) is 10.1 Å². The third-order valence-corrected chi connectivity index (χ3v) is 7.87. The van der Waals surface area contributed by atoms with Crippen LogP contribution in [0, 0.1) is 17.2 Å². The summed E-state index contributed by atoms with van der Waals surface area (Å²) < 4.78 is 10.7. The van der Waals surface area contributed by atoms with Crippen molar-refractivity contribution in [2.75, 3.05) is 20.8 Å². The number of nitrogens with two attached hydrogens (primary N) is 1. The summed E-state index contributed by atoms with van der Waals surface area (Å²) in [7, 11) is 1.92. The molecule has 1 aliphatic carbocycles. The molecule has 0 aliphatic heterocycles. The van der Waals surface area contributed by atoms with Crippen molar-refractivity contribution in [1.82, 2.24) is 10.3 Å². The number of amides is 2. The minimum absolute atomic E-state index is 0.126. The lowest BCUT2D eigenvalue weighted by molar-refractivity contribution is 0.0995. The van der Waals surface area contributed by atoms with Crippen LogP contribution in [0.25, 0.3) is 10.6 Å². The molecule has 1 fully saturated rings. The molecule has 1 saturated carbocycles. The molecule has 2 amide bonds. The van der Waals surface area contributed by atoms with Crippen molar-refractivity contribution in [2.45, 2.75) is 44.9 Å².